The molecule has 0 saturated carbocycles. The Balaban J connectivity index is 0.00000264. The van der Waals surface area contributed by atoms with Crippen molar-refractivity contribution in [3.63, 3.8) is 0 Å². The fourth-order valence-corrected chi connectivity index (χ4v) is 2.71. The number of nitrogens with one attached hydrogen (secondary N) is 1. The van der Waals surface area contributed by atoms with E-state index in [4.69, 9.17) is 4.74 Å². The Hall–Kier alpha value is -0.290. The van der Waals surface area contributed by atoms with E-state index >= 15 is 0 Å². The second kappa shape index (κ2) is 8.19. The van der Waals surface area contributed by atoms with Crippen LogP contribution in [0.4, 0.5) is 13.2 Å². The fraction of sp³-hybridized carbons (Fsp3) is 0.929. The number of halogens is 4. The van der Waals surface area contributed by atoms with Crippen molar-refractivity contribution in [2.45, 2.75) is 26.1 Å². The molecule has 23 heavy (non-hydrogen) atoms. The summed E-state index contributed by atoms with van der Waals surface area (Å²) in [5.41, 5.74) is 0.128. The zero-order valence-electron chi connectivity index (χ0n) is 13.8. The summed E-state index contributed by atoms with van der Waals surface area (Å²) in [6.45, 7) is 7.46. The first-order chi connectivity index (χ1) is 10.2. The highest BCUT2D eigenvalue weighted by Gasteiger charge is 2.41. The highest BCUT2D eigenvalue weighted by atomic mass is 127. The Kier molecular flexibility index (Phi) is 7.39. The van der Waals surface area contributed by atoms with Gasteiger partial charge in [-0.2, -0.15) is 13.2 Å². The van der Waals surface area contributed by atoms with Crippen molar-refractivity contribution in [3.8, 4) is 0 Å². The highest BCUT2D eigenvalue weighted by molar-refractivity contribution is 14.0. The molecule has 0 aromatic rings. The van der Waals surface area contributed by atoms with Crippen molar-refractivity contribution in [2.24, 2.45) is 10.4 Å². The molecule has 5 nitrogen and oxygen atoms in total. The molecule has 0 bridgehead atoms. The number of nitrogens with zero attached hydrogens (tertiary/aromatic N) is 3. The van der Waals surface area contributed by atoms with Gasteiger partial charge in [0.1, 0.15) is 6.04 Å². The Morgan fingerprint density at radius 2 is 1.83 bits per heavy atom. The van der Waals surface area contributed by atoms with Gasteiger partial charge in [-0.3, -0.25) is 9.89 Å². The minimum Gasteiger partial charge on any atom is -0.380 e. The van der Waals surface area contributed by atoms with Gasteiger partial charge in [0, 0.05) is 45.2 Å². The van der Waals surface area contributed by atoms with Crippen LogP contribution in [0.25, 0.3) is 0 Å². The lowest BCUT2D eigenvalue weighted by Gasteiger charge is -2.42. The maximum absolute atomic E-state index is 12.7. The van der Waals surface area contributed by atoms with E-state index in [0.29, 0.717) is 26.2 Å². The molecule has 1 N–H and O–H groups in total. The first-order valence-electron chi connectivity index (χ1n) is 7.59. The summed E-state index contributed by atoms with van der Waals surface area (Å²) in [6.07, 6.45) is -4.17. The highest BCUT2D eigenvalue weighted by Crippen LogP contribution is 2.26. The molecule has 0 aromatic carbocycles. The molecule has 136 valence electrons. The van der Waals surface area contributed by atoms with Crippen molar-refractivity contribution in [3.05, 3.63) is 0 Å². The first kappa shape index (κ1) is 20.8. The zero-order chi connectivity index (χ0) is 16.4. The van der Waals surface area contributed by atoms with Crippen LogP contribution < -0.4 is 5.32 Å². The Morgan fingerprint density at radius 1 is 1.26 bits per heavy atom. The van der Waals surface area contributed by atoms with E-state index in [0.717, 1.165) is 25.7 Å². The molecule has 2 aliphatic rings. The summed E-state index contributed by atoms with van der Waals surface area (Å²) in [6, 6.07) is -1.39. The maximum atomic E-state index is 12.7. The van der Waals surface area contributed by atoms with Crippen molar-refractivity contribution in [2.75, 3.05) is 53.0 Å². The molecular weight excluding hydrogens is 424 g/mol. The Labute approximate surface area is 152 Å². The van der Waals surface area contributed by atoms with E-state index in [2.05, 4.69) is 17.2 Å². The monoisotopic (exact) mass is 450 g/mol. The third-order valence-electron chi connectivity index (χ3n) is 4.42. The number of ether oxygens (including phenoxy) is 1. The number of hydrogen-bond acceptors (Lipinski definition) is 3. The molecule has 0 aliphatic carbocycles. The topological polar surface area (TPSA) is 40.1 Å². The van der Waals surface area contributed by atoms with Gasteiger partial charge < -0.3 is 15.0 Å². The number of guanidine groups is 1. The van der Waals surface area contributed by atoms with Gasteiger partial charge in [0.25, 0.3) is 0 Å². The van der Waals surface area contributed by atoms with E-state index in [1.54, 1.807) is 7.05 Å². The van der Waals surface area contributed by atoms with E-state index in [1.807, 2.05) is 4.90 Å². The fourth-order valence-electron chi connectivity index (χ4n) is 2.71. The standard InChI is InChI=1S/C14H25F3N4O.HI/c1-11(14(15,16)17)20-4-6-21(7-5-20)12(18-3)19-8-13(2)9-22-10-13;/h11H,4-10H2,1-3H3,(H,18,19);1H. The Bertz CT molecular complexity index is 407. The summed E-state index contributed by atoms with van der Waals surface area (Å²) >= 11 is 0. The van der Waals surface area contributed by atoms with Crippen LogP contribution in [0.2, 0.25) is 0 Å². The molecule has 0 amide bonds. The number of hydrogen-bond donors (Lipinski definition) is 1. The summed E-state index contributed by atoms with van der Waals surface area (Å²) in [5.74, 6) is 0.757. The summed E-state index contributed by atoms with van der Waals surface area (Å²) in [4.78, 5) is 7.74. The summed E-state index contributed by atoms with van der Waals surface area (Å²) in [7, 11) is 1.70. The number of aliphatic imine (C=N–C) groups is 1. The van der Waals surface area contributed by atoms with Crippen LogP contribution in [-0.2, 0) is 4.74 Å². The third-order valence-corrected chi connectivity index (χ3v) is 4.42. The normalized spacial score (nSPS) is 23.7. The molecule has 1 atom stereocenters. The molecule has 0 radical (unpaired) electrons. The SMILES string of the molecule is CN=C(NCC1(C)COC1)N1CCN(C(C)C(F)(F)F)CC1.I. The lowest BCUT2D eigenvalue weighted by molar-refractivity contribution is -0.181. The van der Waals surface area contributed by atoms with E-state index in [1.165, 1.54) is 11.8 Å². The number of alkyl halides is 3. The van der Waals surface area contributed by atoms with Gasteiger partial charge in [0.2, 0.25) is 0 Å². The van der Waals surface area contributed by atoms with Gasteiger partial charge in [-0.15, -0.1) is 24.0 Å². The van der Waals surface area contributed by atoms with Crippen LogP contribution >= 0.6 is 24.0 Å². The molecule has 2 saturated heterocycles. The van der Waals surface area contributed by atoms with E-state index in [-0.39, 0.29) is 29.4 Å². The lowest BCUT2D eigenvalue weighted by atomic mass is 9.89. The molecule has 2 aliphatic heterocycles. The second-order valence-corrected chi connectivity index (χ2v) is 6.44. The number of piperazine rings is 1. The van der Waals surface area contributed by atoms with Gasteiger partial charge in [0.05, 0.1) is 13.2 Å². The summed E-state index contributed by atoms with van der Waals surface area (Å²) in [5, 5.41) is 3.31. The minimum atomic E-state index is -4.17. The van der Waals surface area contributed by atoms with Gasteiger partial charge >= 0.3 is 6.18 Å². The van der Waals surface area contributed by atoms with E-state index in [9.17, 15) is 13.2 Å². The largest absolute Gasteiger partial charge is 0.403 e. The molecule has 0 spiro atoms. The van der Waals surface area contributed by atoms with Crippen molar-refractivity contribution < 1.29 is 17.9 Å². The predicted molar refractivity (Wildman–Crippen MR) is 94.4 cm³/mol. The van der Waals surface area contributed by atoms with Gasteiger partial charge in [-0.25, -0.2) is 0 Å². The van der Waals surface area contributed by atoms with Crippen LogP contribution in [0.1, 0.15) is 13.8 Å². The van der Waals surface area contributed by atoms with Crippen molar-refractivity contribution >= 4 is 29.9 Å². The molecular formula is C14H26F3IN4O. The average Bonchev–Trinajstić information content (AvgIpc) is 2.45. The molecule has 2 fully saturated rings. The number of rotatable bonds is 3. The van der Waals surface area contributed by atoms with Gasteiger partial charge in [-0.1, -0.05) is 6.92 Å². The molecule has 0 aromatic heterocycles. The molecule has 2 rings (SSSR count). The van der Waals surface area contributed by atoms with Crippen molar-refractivity contribution in [1.29, 1.82) is 0 Å². The molecule has 9 heteroatoms. The molecule has 2 heterocycles. The first-order valence-corrected chi connectivity index (χ1v) is 7.59. The predicted octanol–water partition coefficient (Wildman–Crippen LogP) is 1.78. The quantitative estimate of drug-likeness (QED) is 0.405. The Morgan fingerprint density at radius 3 is 2.22 bits per heavy atom. The van der Waals surface area contributed by atoms with Crippen LogP contribution in [0.3, 0.4) is 0 Å². The lowest BCUT2D eigenvalue weighted by Crippen LogP contribution is -2.58. The third kappa shape index (κ3) is 5.35. The molecule has 1 unspecified atom stereocenters. The smallest absolute Gasteiger partial charge is 0.380 e. The van der Waals surface area contributed by atoms with Crippen LogP contribution in [0, 0.1) is 5.41 Å². The van der Waals surface area contributed by atoms with Crippen LogP contribution in [0.5, 0.6) is 0 Å². The van der Waals surface area contributed by atoms with Crippen LogP contribution in [-0.4, -0.2) is 81.0 Å². The zero-order valence-corrected chi connectivity index (χ0v) is 16.1. The second-order valence-electron chi connectivity index (χ2n) is 6.44. The average molecular weight is 450 g/mol. The maximum Gasteiger partial charge on any atom is 0.403 e. The minimum absolute atomic E-state index is 0. The van der Waals surface area contributed by atoms with Crippen LogP contribution in [0.15, 0.2) is 4.99 Å². The summed E-state index contributed by atoms with van der Waals surface area (Å²) < 4.78 is 43.5. The van der Waals surface area contributed by atoms with Crippen molar-refractivity contribution in [1.82, 2.24) is 15.1 Å². The van der Waals surface area contributed by atoms with Gasteiger partial charge in [-0.05, 0) is 6.92 Å². The van der Waals surface area contributed by atoms with E-state index < -0.39 is 12.2 Å². The van der Waals surface area contributed by atoms with Gasteiger partial charge in [0.15, 0.2) is 5.96 Å².